The molecule has 1 aromatic rings. The Morgan fingerprint density at radius 2 is 2.00 bits per heavy atom. The van der Waals surface area contributed by atoms with Gasteiger partial charge in [0.2, 0.25) is 0 Å². The van der Waals surface area contributed by atoms with Crippen molar-refractivity contribution in [2.45, 2.75) is 12.1 Å². The molecule has 0 radical (unpaired) electrons. The van der Waals surface area contributed by atoms with Crippen molar-refractivity contribution in [3.05, 3.63) is 35.9 Å². The van der Waals surface area contributed by atoms with Gasteiger partial charge in [-0.1, -0.05) is 30.3 Å². The van der Waals surface area contributed by atoms with E-state index in [1.54, 1.807) is 0 Å². The van der Waals surface area contributed by atoms with Gasteiger partial charge < -0.3 is 10.9 Å². The van der Waals surface area contributed by atoms with Crippen molar-refractivity contribution in [3.8, 4) is 0 Å². The molecule has 1 fully saturated rings. The third kappa shape index (κ3) is 1.33. The molecule has 1 saturated heterocycles. The summed E-state index contributed by atoms with van der Waals surface area (Å²) in [5.41, 5.74) is 5.68. The molecule has 1 heterocycles. The van der Waals surface area contributed by atoms with Gasteiger partial charge in [0, 0.05) is 6.42 Å². The van der Waals surface area contributed by atoms with Crippen LogP contribution in [0, 0.1) is 0 Å². The first-order valence-corrected chi connectivity index (χ1v) is 4.45. The highest BCUT2D eigenvalue weighted by molar-refractivity contribution is 5.84. The monoisotopic (exact) mass is 192 g/mol. The average molecular weight is 192 g/mol. The van der Waals surface area contributed by atoms with E-state index in [0.717, 1.165) is 10.6 Å². The number of hydrogen-bond acceptors (Lipinski definition) is 4. The molecule has 0 aliphatic carbocycles. The summed E-state index contributed by atoms with van der Waals surface area (Å²) in [4.78, 5) is 11.2. The lowest BCUT2D eigenvalue weighted by Crippen LogP contribution is -2.47. The lowest BCUT2D eigenvalue weighted by atomic mass is 9.98. The first-order chi connectivity index (χ1) is 6.63. The minimum absolute atomic E-state index is 0.00535. The van der Waals surface area contributed by atoms with E-state index in [4.69, 9.17) is 5.73 Å². The van der Waals surface area contributed by atoms with Crippen LogP contribution in [0.4, 0.5) is 0 Å². The Bertz CT molecular complexity index is 352. The van der Waals surface area contributed by atoms with Crippen LogP contribution in [0.25, 0.3) is 0 Å². The maximum absolute atomic E-state index is 11.2. The van der Waals surface area contributed by atoms with E-state index >= 15 is 0 Å². The number of carbonyl (C=O) groups excluding carboxylic acids is 1. The first kappa shape index (κ1) is 9.33. The van der Waals surface area contributed by atoms with E-state index in [1.165, 1.54) is 0 Å². The summed E-state index contributed by atoms with van der Waals surface area (Å²) in [7, 11) is 0. The van der Waals surface area contributed by atoms with Crippen LogP contribution in [0.1, 0.15) is 12.0 Å². The van der Waals surface area contributed by atoms with Crippen molar-refractivity contribution in [1.29, 1.82) is 0 Å². The number of rotatable bonds is 1. The van der Waals surface area contributed by atoms with Crippen molar-refractivity contribution in [1.82, 2.24) is 5.06 Å². The topological polar surface area (TPSA) is 66.6 Å². The minimum atomic E-state index is -1.04. The van der Waals surface area contributed by atoms with Crippen molar-refractivity contribution in [2.75, 3.05) is 6.54 Å². The first-order valence-electron chi connectivity index (χ1n) is 4.45. The zero-order valence-electron chi connectivity index (χ0n) is 7.68. The number of ketones is 1. The van der Waals surface area contributed by atoms with Crippen molar-refractivity contribution in [3.63, 3.8) is 0 Å². The zero-order valence-corrected chi connectivity index (χ0v) is 7.68. The van der Waals surface area contributed by atoms with Gasteiger partial charge in [-0.05, 0) is 5.56 Å². The number of nitrogens with two attached hydrogens (primary N) is 1. The summed E-state index contributed by atoms with van der Waals surface area (Å²) in [6.45, 7) is 0.00535. The second kappa shape index (κ2) is 3.16. The molecule has 74 valence electrons. The number of benzene rings is 1. The molecule has 0 spiro atoms. The largest absolute Gasteiger partial charge is 0.311 e. The van der Waals surface area contributed by atoms with Crippen molar-refractivity contribution in [2.24, 2.45) is 5.73 Å². The molecule has 0 amide bonds. The van der Waals surface area contributed by atoms with E-state index in [9.17, 15) is 10.0 Å². The van der Waals surface area contributed by atoms with E-state index in [2.05, 4.69) is 0 Å². The van der Waals surface area contributed by atoms with Crippen LogP contribution < -0.4 is 5.73 Å². The average Bonchev–Trinajstić information content (AvgIpc) is 2.43. The highest BCUT2D eigenvalue weighted by atomic mass is 16.5. The molecule has 1 atom stereocenters. The molecule has 4 nitrogen and oxygen atoms in total. The van der Waals surface area contributed by atoms with Crippen LogP contribution in [-0.2, 0) is 10.5 Å². The fraction of sp³-hybridized carbons (Fsp3) is 0.300. The van der Waals surface area contributed by atoms with Crippen LogP contribution >= 0.6 is 0 Å². The Hall–Kier alpha value is -1.23. The molecule has 0 saturated carbocycles. The molecule has 3 N–H and O–H groups in total. The second-order valence-corrected chi connectivity index (χ2v) is 3.56. The number of carbonyl (C=O) groups is 1. The summed E-state index contributed by atoms with van der Waals surface area (Å²) >= 11 is 0. The van der Waals surface area contributed by atoms with Gasteiger partial charge >= 0.3 is 0 Å². The molecule has 0 bridgehead atoms. The van der Waals surface area contributed by atoms with Gasteiger partial charge in [-0.15, -0.1) is 0 Å². The number of hydroxylamine groups is 2. The summed E-state index contributed by atoms with van der Waals surface area (Å²) in [5, 5.41) is 10.5. The van der Waals surface area contributed by atoms with E-state index in [-0.39, 0.29) is 18.7 Å². The zero-order chi connectivity index (χ0) is 10.2. The van der Waals surface area contributed by atoms with Gasteiger partial charge in [-0.2, -0.15) is 5.06 Å². The quantitative estimate of drug-likeness (QED) is 0.678. The molecular weight excluding hydrogens is 180 g/mol. The van der Waals surface area contributed by atoms with Gasteiger partial charge in [-0.3, -0.25) is 4.79 Å². The van der Waals surface area contributed by atoms with Gasteiger partial charge in [0.25, 0.3) is 0 Å². The molecule has 1 aliphatic heterocycles. The number of hydrogen-bond donors (Lipinski definition) is 2. The standard InChI is InChI=1S/C10H12N2O2/c11-10(6-9(13)7-12(10)14)8-4-2-1-3-5-8/h1-5,14H,6-7,11H2. The number of Topliss-reactive ketones (excluding diaryl/α,β-unsaturated/α-hetero) is 1. The fourth-order valence-electron chi connectivity index (χ4n) is 1.73. The minimum Gasteiger partial charge on any atom is -0.311 e. The predicted octanol–water partition coefficient (Wildman–Crippen LogP) is 0.462. The van der Waals surface area contributed by atoms with Gasteiger partial charge in [0.05, 0.1) is 6.54 Å². The van der Waals surface area contributed by atoms with Crippen LogP contribution in [-0.4, -0.2) is 22.6 Å². The lowest BCUT2D eigenvalue weighted by molar-refractivity contribution is -0.152. The number of nitrogens with zero attached hydrogens (tertiary/aromatic N) is 1. The SMILES string of the molecule is NC1(c2ccccc2)CC(=O)CN1O. The molecule has 4 heteroatoms. The molecular formula is C10H12N2O2. The Kier molecular flexibility index (Phi) is 2.11. The van der Waals surface area contributed by atoms with Crippen molar-refractivity contribution >= 4 is 5.78 Å². The third-order valence-electron chi connectivity index (χ3n) is 2.53. The maximum atomic E-state index is 11.2. The van der Waals surface area contributed by atoms with Crippen LogP contribution in [0.5, 0.6) is 0 Å². The summed E-state index contributed by atoms with van der Waals surface area (Å²) in [6.07, 6.45) is 0.160. The van der Waals surface area contributed by atoms with E-state index in [0.29, 0.717) is 0 Å². The van der Waals surface area contributed by atoms with Crippen molar-refractivity contribution < 1.29 is 10.0 Å². The van der Waals surface area contributed by atoms with Crippen LogP contribution in [0.3, 0.4) is 0 Å². The molecule has 14 heavy (non-hydrogen) atoms. The molecule has 1 unspecified atom stereocenters. The fourth-order valence-corrected chi connectivity index (χ4v) is 1.73. The van der Waals surface area contributed by atoms with Crippen LogP contribution in [0.15, 0.2) is 30.3 Å². The van der Waals surface area contributed by atoms with Crippen LogP contribution in [0.2, 0.25) is 0 Å². The molecule has 1 aliphatic rings. The summed E-state index contributed by atoms with van der Waals surface area (Å²) in [6, 6.07) is 9.15. The molecule has 0 aromatic heterocycles. The highest BCUT2D eigenvalue weighted by Crippen LogP contribution is 2.30. The smallest absolute Gasteiger partial charge is 0.152 e. The molecule has 1 aromatic carbocycles. The lowest BCUT2D eigenvalue weighted by Gasteiger charge is -2.29. The summed E-state index contributed by atoms with van der Waals surface area (Å²) < 4.78 is 0. The van der Waals surface area contributed by atoms with Gasteiger partial charge in [-0.25, -0.2) is 0 Å². The predicted molar refractivity (Wildman–Crippen MR) is 50.4 cm³/mol. The normalized spacial score (nSPS) is 28.3. The summed E-state index contributed by atoms with van der Waals surface area (Å²) in [5.74, 6) is -0.0427. The Balaban J connectivity index is 2.38. The molecule has 2 rings (SSSR count). The van der Waals surface area contributed by atoms with E-state index < -0.39 is 5.66 Å². The third-order valence-corrected chi connectivity index (χ3v) is 2.53. The highest BCUT2D eigenvalue weighted by Gasteiger charge is 2.42. The van der Waals surface area contributed by atoms with E-state index in [1.807, 2.05) is 30.3 Å². The Morgan fingerprint density at radius 3 is 2.50 bits per heavy atom. The van der Waals surface area contributed by atoms with Gasteiger partial charge in [0.1, 0.15) is 5.66 Å². The van der Waals surface area contributed by atoms with Gasteiger partial charge in [0.15, 0.2) is 5.78 Å². The maximum Gasteiger partial charge on any atom is 0.152 e. The Morgan fingerprint density at radius 1 is 1.36 bits per heavy atom. The Labute approximate surface area is 81.9 Å². The second-order valence-electron chi connectivity index (χ2n) is 3.56.